The first-order valence-corrected chi connectivity index (χ1v) is 6.59. The number of nitrogens with zero attached hydrogens (tertiary/aromatic N) is 2. The van der Waals surface area contributed by atoms with Gasteiger partial charge in [0.05, 0.1) is 21.1 Å². The summed E-state index contributed by atoms with van der Waals surface area (Å²) in [4.78, 5) is 14.1. The van der Waals surface area contributed by atoms with Crippen LogP contribution in [-0.2, 0) is 0 Å². The monoisotopic (exact) mass is 328 g/mol. The number of hydrogen-bond donors (Lipinski definition) is 1. The highest BCUT2D eigenvalue weighted by Crippen LogP contribution is 2.39. The number of nitro groups is 1. The van der Waals surface area contributed by atoms with E-state index >= 15 is 0 Å². The van der Waals surface area contributed by atoms with Gasteiger partial charge in [-0.2, -0.15) is 0 Å². The largest absolute Gasteiger partial charge is 0.436 e. The minimum Gasteiger partial charge on any atom is -0.436 e. The van der Waals surface area contributed by atoms with Gasteiger partial charge in [0.15, 0.2) is 5.75 Å². The van der Waals surface area contributed by atoms with Gasteiger partial charge in [0, 0.05) is 24.4 Å². The third-order valence-electron chi connectivity index (χ3n) is 2.64. The zero-order valence-corrected chi connectivity index (χ0v) is 12.3. The number of ether oxygens (including phenoxy) is 1. The van der Waals surface area contributed by atoms with Crippen LogP contribution in [0.15, 0.2) is 30.5 Å². The molecule has 2 aromatic rings. The molecule has 0 aliphatic carbocycles. The van der Waals surface area contributed by atoms with E-state index in [1.165, 1.54) is 12.3 Å². The molecule has 21 heavy (non-hydrogen) atoms. The van der Waals surface area contributed by atoms with Gasteiger partial charge in [-0.05, 0) is 18.6 Å². The Bertz CT molecular complexity index is 669. The molecule has 0 saturated carbocycles. The van der Waals surface area contributed by atoms with Gasteiger partial charge in [0.1, 0.15) is 0 Å². The van der Waals surface area contributed by atoms with E-state index in [2.05, 4.69) is 4.98 Å². The summed E-state index contributed by atoms with van der Waals surface area (Å²) in [5.41, 5.74) is 0.372. The van der Waals surface area contributed by atoms with Crippen LogP contribution in [0, 0.1) is 10.1 Å². The second-order valence-electron chi connectivity index (χ2n) is 4.20. The molecule has 0 spiro atoms. The van der Waals surface area contributed by atoms with E-state index in [1.807, 2.05) is 0 Å². The summed E-state index contributed by atoms with van der Waals surface area (Å²) in [6.07, 6.45) is 0.781. The lowest BCUT2D eigenvalue weighted by molar-refractivity contribution is -0.384. The lowest BCUT2D eigenvalue weighted by atomic mass is 10.2. The molecule has 1 atom stereocenters. The summed E-state index contributed by atoms with van der Waals surface area (Å²) < 4.78 is 5.46. The Morgan fingerprint density at radius 1 is 1.33 bits per heavy atom. The van der Waals surface area contributed by atoms with Gasteiger partial charge in [0.2, 0.25) is 5.88 Å². The SMILES string of the molecule is C[C@H](O)c1ccnc(Oc2c(Cl)cc([N+](=O)[O-])cc2Cl)c1. The highest BCUT2D eigenvalue weighted by Gasteiger charge is 2.17. The van der Waals surface area contributed by atoms with E-state index in [0.717, 1.165) is 12.1 Å². The molecule has 1 N–H and O–H groups in total. The van der Waals surface area contributed by atoms with Crippen LogP contribution in [0.2, 0.25) is 10.0 Å². The molecule has 2 rings (SSSR count). The molecular formula is C13H10Cl2N2O4. The first-order chi connectivity index (χ1) is 9.88. The fourth-order valence-electron chi connectivity index (χ4n) is 1.59. The number of aliphatic hydroxyl groups excluding tert-OH is 1. The average molecular weight is 329 g/mol. The second kappa shape index (κ2) is 6.26. The summed E-state index contributed by atoms with van der Waals surface area (Å²) in [7, 11) is 0. The highest BCUT2D eigenvalue weighted by molar-refractivity contribution is 6.37. The fraction of sp³-hybridized carbons (Fsp3) is 0.154. The van der Waals surface area contributed by atoms with Gasteiger partial charge in [-0.3, -0.25) is 10.1 Å². The number of halogens is 2. The fourth-order valence-corrected chi connectivity index (χ4v) is 2.15. The van der Waals surface area contributed by atoms with Crippen LogP contribution in [0.1, 0.15) is 18.6 Å². The van der Waals surface area contributed by atoms with Crippen molar-refractivity contribution in [2.45, 2.75) is 13.0 Å². The summed E-state index contributed by atoms with van der Waals surface area (Å²) >= 11 is 11.9. The Balaban J connectivity index is 2.36. The average Bonchev–Trinajstić information content (AvgIpc) is 2.42. The Morgan fingerprint density at radius 2 is 1.95 bits per heavy atom. The van der Waals surface area contributed by atoms with Crippen molar-refractivity contribution in [2.24, 2.45) is 0 Å². The predicted octanol–water partition coefficient (Wildman–Crippen LogP) is 4.14. The van der Waals surface area contributed by atoms with Crippen LogP contribution in [-0.4, -0.2) is 15.0 Å². The van der Waals surface area contributed by atoms with Crippen LogP contribution in [0.5, 0.6) is 11.6 Å². The van der Waals surface area contributed by atoms with E-state index < -0.39 is 11.0 Å². The van der Waals surface area contributed by atoms with E-state index in [-0.39, 0.29) is 27.4 Å². The van der Waals surface area contributed by atoms with E-state index in [4.69, 9.17) is 27.9 Å². The minimum atomic E-state index is -0.682. The molecule has 1 heterocycles. The second-order valence-corrected chi connectivity index (χ2v) is 5.02. The van der Waals surface area contributed by atoms with Crippen molar-refractivity contribution in [3.8, 4) is 11.6 Å². The van der Waals surface area contributed by atoms with Crippen molar-refractivity contribution in [1.29, 1.82) is 0 Å². The number of hydrogen-bond acceptors (Lipinski definition) is 5. The standard InChI is InChI=1S/C13H10Cl2N2O4/c1-7(18)8-2-3-16-12(4-8)21-13-10(14)5-9(17(19)20)6-11(13)15/h2-7,18H,1H3/t7-/m0/s1. The first-order valence-electron chi connectivity index (χ1n) is 5.84. The number of nitro benzene ring substituents is 1. The molecule has 0 aliphatic heterocycles. The van der Waals surface area contributed by atoms with E-state index in [1.54, 1.807) is 13.0 Å². The van der Waals surface area contributed by atoms with Crippen LogP contribution < -0.4 is 4.74 Å². The third kappa shape index (κ3) is 3.60. The van der Waals surface area contributed by atoms with Gasteiger partial charge in [0.25, 0.3) is 5.69 Å². The Morgan fingerprint density at radius 3 is 2.48 bits per heavy atom. The molecule has 110 valence electrons. The molecule has 6 nitrogen and oxygen atoms in total. The molecular weight excluding hydrogens is 319 g/mol. The smallest absolute Gasteiger partial charge is 0.272 e. The molecule has 0 radical (unpaired) electrons. The zero-order chi connectivity index (χ0) is 15.6. The molecule has 8 heteroatoms. The van der Waals surface area contributed by atoms with Crippen molar-refractivity contribution in [1.82, 2.24) is 4.98 Å². The normalized spacial score (nSPS) is 12.0. The molecule has 0 aliphatic rings. The van der Waals surface area contributed by atoms with Gasteiger partial charge >= 0.3 is 0 Å². The lowest BCUT2D eigenvalue weighted by Gasteiger charge is -2.10. The molecule has 0 fully saturated rings. The lowest BCUT2D eigenvalue weighted by Crippen LogP contribution is -1.96. The number of aliphatic hydroxyl groups is 1. The first kappa shape index (κ1) is 15.5. The van der Waals surface area contributed by atoms with E-state index in [0.29, 0.717) is 5.56 Å². The summed E-state index contributed by atoms with van der Waals surface area (Å²) in [6, 6.07) is 5.44. The van der Waals surface area contributed by atoms with Crippen molar-refractivity contribution in [3.63, 3.8) is 0 Å². The van der Waals surface area contributed by atoms with E-state index in [9.17, 15) is 15.2 Å². The third-order valence-corrected chi connectivity index (χ3v) is 3.20. The maximum absolute atomic E-state index is 10.7. The molecule has 0 bridgehead atoms. The predicted molar refractivity (Wildman–Crippen MR) is 78.1 cm³/mol. The van der Waals surface area contributed by atoms with Crippen molar-refractivity contribution in [3.05, 3.63) is 56.2 Å². The van der Waals surface area contributed by atoms with Crippen molar-refractivity contribution >= 4 is 28.9 Å². The molecule has 0 unspecified atom stereocenters. The minimum absolute atomic E-state index is 0.00144. The Kier molecular flexibility index (Phi) is 4.62. The Hall–Kier alpha value is -1.89. The number of aromatic nitrogens is 1. The quantitative estimate of drug-likeness (QED) is 0.673. The molecule has 0 saturated heterocycles. The molecule has 0 amide bonds. The number of pyridine rings is 1. The zero-order valence-electron chi connectivity index (χ0n) is 10.8. The van der Waals surface area contributed by atoms with Crippen LogP contribution in [0.4, 0.5) is 5.69 Å². The number of benzene rings is 1. The van der Waals surface area contributed by atoms with Gasteiger partial charge in [-0.1, -0.05) is 23.2 Å². The maximum Gasteiger partial charge on any atom is 0.272 e. The summed E-state index contributed by atoms with van der Waals surface area (Å²) in [5, 5.41) is 20.2. The molecule has 1 aromatic heterocycles. The molecule has 1 aromatic carbocycles. The number of non-ortho nitro benzene ring substituents is 1. The topological polar surface area (TPSA) is 85.5 Å². The number of rotatable bonds is 4. The van der Waals surface area contributed by atoms with Gasteiger partial charge in [-0.25, -0.2) is 4.98 Å². The van der Waals surface area contributed by atoms with Crippen LogP contribution >= 0.6 is 23.2 Å². The van der Waals surface area contributed by atoms with Crippen LogP contribution in [0.3, 0.4) is 0 Å². The van der Waals surface area contributed by atoms with Crippen molar-refractivity contribution < 1.29 is 14.8 Å². The van der Waals surface area contributed by atoms with Crippen LogP contribution in [0.25, 0.3) is 0 Å². The van der Waals surface area contributed by atoms with Gasteiger partial charge in [-0.15, -0.1) is 0 Å². The summed E-state index contributed by atoms with van der Waals surface area (Å²) in [5.74, 6) is 0.241. The van der Waals surface area contributed by atoms with Gasteiger partial charge < -0.3 is 9.84 Å². The van der Waals surface area contributed by atoms with Crippen molar-refractivity contribution in [2.75, 3.05) is 0 Å². The highest BCUT2D eigenvalue weighted by atomic mass is 35.5. The summed E-state index contributed by atoms with van der Waals surface area (Å²) in [6.45, 7) is 1.60. The maximum atomic E-state index is 10.7. The Labute approximate surface area is 130 Å².